The number of methoxy groups -OCH3 is 1. The Balaban J connectivity index is 2.23. The molecule has 1 aliphatic heterocycles. The molecule has 1 heterocycles. The van der Waals surface area contributed by atoms with E-state index in [1.807, 2.05) is 30.0 Å². The summed E-state index contributed by atoms with van der Waals surface area (Å²) < 4.78 is 10.2. The Kier molecular flexibility index (Phi) is 2.99. The molecule has 0 unspecified atom stereocenters. The number of hydrogen-bond acceptors (Lipinski definition) is 4. The van der Waals surface area contributed by atoms with Gasteiger partial charge < -0.3 is 14.4 Å². The van der Waals surface area contributed by atoms with E-state index in [-0.39, 0.29) is 12.5 Å². The van der Waals surface area contributed by atoms with Crippen LogP contribution in [0.25, 0.3) is 0 Å². The van der Waals surface area contributed by atoms with E-state index in [0.29, 0.717) is 13.2 Å². The number of benzene rings is 1. The lowest BCUT2D eigenvalue weighted by molar-refractivity contribution is -0.139. The molecule has 0 saturated heterocycles. The monoisotopic (exact) mass is 221 g/mol. The van der Waals surface area contributed by atoms with Gasteiger partial charge in [0.25, 0.3) is 0 Å². The Morgan fingerprint density at radius 2 is 2.38 bits per heavy atom. The van der Waals surface area contributed by atoms with Crippen molar-refractivity contribution in [1.29, 1.82) is 0 Å². The van der Waals surface area contributed by atoms with Crippen LogP contribution in [0.3, 0.4) is 0 Å². The Morgan fingerprint density at radius 1 is 1.56 bits per heavy atom. The molecule has 2 rings (SSSR count). The summed E-state index contributed by atoms with van der Waals surface area (Å²) in [7, 11) is 1.40. The van der Waals surface area contributed by atoms with E-state index in [1.165, 1.54) is 7.11 Å². The third kappa shape index (κ3) is 2.10. The molecule has 1 aliphatic rings. The summed E-state index contributed by atoms with van der Waals surface area (Å²) >= 11 is 0. The van der Waals surface area contributed by atoms with E-state index in [0.717, 1.165) is 17.0 Å². The van der Waals surface area contributed by atoms with Gasteiger partial charge in [-0.25, -0.2) is 0 Å². The van der Waals surface area contributed by atoms with Crippen LogP contribution in [0, 0.1) is 6.92 Å². The summed E-state index contributed by atoms with van der Waals surface area (Å²) in [5, 5.41) is 0. The van der Waals surface area contributed by atoms with E-state index in [2.05, 4.69) is 4.74 Å². The van der Waals surface area contributed by atoms with Crippen molar-refractivity contribution in [3.05, 3.63) is 23.8 Å². The quantitative estimate of drug-likeness (QED) is 0.707. The van der Waals surface area contributed by atoms with Crippen molar-refractivity contribution in [3.63, 3.8) is 0 Å². The molecule has 1 aromatic rings. The summed E-state index contributed by atoms with van der Waals surface area (Å²) in [6.07, 6.45) is 0. The van der Waals surface area contributed by atoms with Crippen LogP contribution in [0.4, 0.5) is 5.69 Å². The minimum Gasteiger partial charge on any atom is -0.490 e. The third-order valence-corrected chi connectivity index (χ3v) is 2.62. The number of carbonyl (C=O) groups excluding carboxylic acids is 1. The molecule has 0 aromatic heterocycles. The van der Waals surface area contributed by atoms with Gasteiger partial charge in [-0.15, -0.1) is 0 Å². The van der Waals surface area contributed by atoms with E-state index in [4.69, 9.17) is 4.74 Å². The number of nitrogens with zero attached hydrogens (tertiary/aromatic N) is 1. The van der Waals surface area contributed by atoms with Crippen LogP contribution in [0.1, 0.15) is 5.56 Å². The molecule has 1 aromatic carbocycles. The molecule has 4 nitrogen and oxygen atoms in total. The van der Waals surface area contributed by atoms with Crippen LogP contribution in [0.5, 0.6) is 5.75 Å². The predicted octanol–water partition coefficient (Wildman–Crippen LogP) is 1.37. The number of esters is 1. The molecular formula is C12H15NO3. The van der Waals surface area contributed by atoms with Gasteiger partial charge in [0, 0.05) is 0 Å². The largest absolute Gasteiger partial charge is 0.490 e. The first-order valence-corrected chi connectivity index (χ1v) is 5.26. The fourth-order valence-electron chi connectivity index (χ4n) is 1.77. The van der Waals surface area contributed by atoms with Crippen molar-refractivity contribution in [2.24, 2.45) is 0 Å². The van der Waals surface area contributed by atoms with Gasteiger partial charge in [0.2, 0.25) is 0 Å². The lowest BCUT2D eigenvalue weighted by atomic mass is 10.1. The zero-order valence-electron chi connectivity index (χ0n) is 9.53. The van der Waals surface area contributed by atoms with Crippen molar-refractivity contribution in [1.82, 2.24) is 0 Å². The van der Waals surface area contributed by atoms with Crippen LogP contribution in [-0.4, -0.2) is 32.8 Å². The molecule has 4 heteroatoms. The lowest BCUT2D eigenvalue weighted by Crippen LogP contribution is -2.37. The van der Waals surface area contributed by atoms with Crippen LogP contribution < -0.4 is 9.64 Å². The minimum atomic E-state index is -0.228. The van der Waals surface area contributed by atoms with Gasteiger partial charge in [-0.1, -0.05) is 6.07 Å². The molecule has 0 radical (unpaired) electrons. The molecule has 16 heavy (non-hydrogen) atoms. The van der Waals surface area contributed by atoms with Crippen molar-refractivity contribution < 1.29 is 14.3 Å². The molecule has 0 spiro atoms. The van der Waals surface area contributed by atoms with Crippen LogP contribution >= 0.6 is 0 Å². The van der Waals surface area contributed by atoms with Crippen LogP contribution in [0.15, 0.2) is 18.2 Å². The Labute approximate surface area is 94.8 Å². The summed E-state index contributed by atoms with van der Waals surface area (Å²) in [5.74, 6) is 0.614. The van der Waals surface area contributed by atoms with Crippen LogP contribution in [-0.2, 0) is 9.53 Å². The standard InChI is InChI=1S/C12H15NO3/c1-9-3-4-10-11(7-9)16-6-5-13(10)8-12(14)15-2/h3-4,7H,5-6,8H2,1-2H3. The molecule has 0 N–H and O–H groups in total. The fourth-order valence-corrected chi connectivity index (χ4v) is 1.77. The number of anilines is 1. The number of carbonyl (C=O) groups is 1. The SMILES string of the molecule is COC(=O)CN1CCOc2cc(C)ccc21. The Morgan fingerprint density at radius 3 is 3.12 bits per heavy atom. The summed E-state index contributed by atoms with van der Waals surface area (Å²) in [6, 6.07) is 5.98. The van der Waals surface area contributed by atoms with Crippen molar-refractivity contribution in [2.75, 3.05) is 31.7 Å². The summed E-state index contributed by atoms with van der Waals surface area (Å²) in [5.41, 5.74) is 2.11. The Bertz CT molecular complexity index is 403. The zero-order chi connectivity index (χ0) is 11.5. The fraction of sp³-hybridized carbons (Fsp3) is 0.417. The highest BCUT2D eigenvalue weighted by atomic mass is 16.5. The highest BCUT2D eigenvalue weighted by Crippen LogP contribution is 2.31. The van der Waals surface area contributed by atoms with Crippen molar-refractivity contribution in [3.8, 4) is 5.75 Å². The van der Waals surface area contributed by atoms with Crippen molar-refractivity contribution >= 4 is 11.7 Å². The summed E-state index contributed by atoms with van der Waals surface area (Å²) in [6.45, 7) is 3.61. The van der Waals surface area contributed by atoms with Gasteiger partial charge in [-0.3, -0.25) is 4.79 Å². The number of aryl methyl sites for hydroxylation is 1. The highest BCUT2D eigenvalue weighted by molar-refractivity contribution is 5.77. The molecule has 0 fully saturated rings. The lowest BCUT2D eigenvalue weighted by Gasteiger charge is -2.30. The maximum absolute atomic E-state index is 11.3. The number of fused-ring (bicyclic) bond motifs is 1. The van der Waals surface area contributed by atoms with Crippen molar-refractivity contribution in [2.45, 2.75) is 6.92 Å². The first kappa shape index (κ1) is 10.8. The molecule has 0 atom stereocenters. The van der Waals surface area contributed by atoms with E-state index < -0.39 is 0 Å². The van der Waals surface area contributed by atoms with Gasteiger partial charge in [-0.2, -0.15) is 0 Å². The molecule has 0 aliphatic carbocycles. The average molecular weight is 221 g/mol. The predicted molar refractivity (Wildman–Crippen MR) is 60.9 cm³/mol. The molecular weight excluding hydrogens is 206 g/mol. The Hall–Kier alpha value is -1.71. The molecule has 0 saturated carbocycles. The van der Waals surface area contributed by atoms with Gasteiger partial charge in [-0.05, 0) is 24.6 Å². The smallest absolute Gasteiger partial charge is 0.325 e. The summed E-state index contributed by atoms with van der Waals surface area (Å²) in [4.78, 5) is 13.2. The van der Waals surface area contributed by atoms with E-state index in [1.54, 1.807) is 0 Å². The van der Waals surface area contributed by atoms with Gasteiger partial charge in [0.1, 0.15) is 18.9 Å². The van der Waals surface area contributed by atoms with Gasteiger partial charge in [0.05, 0.1) is 19.3 Å². The normalized spacial score (nSPS) is 14.0. The van der Waals surface area contributed by atoms with E-state index >= 15 is 0 Å². The maximum Gasteiger partial charge on any atom is 0.325 e. The third-order valence-electron chi connectivity index (χ3n) is 2.62. The zero-order valence-corrected chi connectivity index (χ0v) is 9.53. The minimum absolute atomic E-state index is 0.228. The maximum atomic E-state index is 11.3. The second-order valence-electron chi connectivity index (χ2n) is 3.82. The topological polar surface area (TPSA) is 38.8 Å². The molecule has 0 amide bonds. The number of hydrogen-bond donors (Lipinski definition) is 0. The van der Waals surface area contributed by atoms with Crippen LogP contribution in [0.2, 0.25) is 0 Å². The average Bonchev–Trinajstić information content (AvgIpc) is 2.28. The second kappa shape index (κ2) is 4.43. The first-order valence-electron chi connectivity index (χ1n) is 5.26. The second-order valence-corrected chi connectivity index (χ2v) is 3.82. The van der Waals surface area contributed by atoms with E-state index in [9.17, 15) is 4.79 Å². The number of rotatable bonds is 2. The number of ether oxygens (including phenoxy) is 2. The first-order chi connectivity index (χ1) is 7.70. The van der Waals surface area contributed by atoms with Gasteiger partial charge >= 0.3 is 5.97 Å². The molecule has 0 bridgehead atoms. The molecule has 86 valence electrons. The van der Waals surface area contributed by atoms with Gasteiger partial charge in [0.15, 0.2) is 0 Å². The highest BCUT2D eigenvalue weighted by Gasteiger charge is 2.20.